The first-order chi connectivity index (χ1) is 13.0. The van der Waals surface area contributed by atoms with Crippen LogP contribution in [0.5, 0.6) is 0 Å². The summed E-state index contributed by atoms with van der Waals surface area (Å²) < 4.78 is 73.6. The SMILES string of the molecule is C[C@]1(c2cc(CCc3nn(C(F)F)cc3Cl)ccc2F)N=C(N)OCC1(F)F. The average molecular weight is 423 g/mol. The molecular formula is C17H16ClF5N4O. The highest BCUT2D eigenvalue weighted by Gasteiger charge is 2.56. The monoisotopic (exact) mass is 422 g/mol. The standard InChI is InChI=1S/C17H16ClF5N4O/c1-16(17(22,23)8-28-15(24)25-16)10-6-9(2-4-12(10)19)3-5-13-11(18)7-27(26-13)14(20)21/h2,4,6-7,14H,3,5,8H2,1H3,(H2,24,25)/t16-/m1/s1. The van der Waals surface area contributed by atoms with Crippen molar-refractivity contribution in [1.29, 1.82) is 0 Å². The van der Waals surface area contributed by atoms with E-state index in [4.69, 9.17) is 17.3 Å². The lowest BCUT2D eigenvalue weighted by atomic mass is 9.84. The minimum absolute atomic E-state index is 0.0583. The van der Waals surface area contributed by atoms with Crippen molar-refractivity contribution in [2.45, 2.75) is 37.8 Å². The van der Waals surface area contributed by atoms with Gasteiger partial charge in [0.2, 0.25) is 0 Å². The maximum atomic E-state index is 14.5. The van der Waals surface area contributed by atoms with Gasteiger partial charge in [-0.1, -0.05) is 23.7 Å². The van der Waals surface area contributed by atoms with Gasteiger partial charge in [-0.3, -0.25) is 0 Å². The van der Waals surface area contributed by atoms with Gasteiger partial charge in [0.25, 0.3) is 6.02 Å². The third-order valence-electron chi connectivity index (χ3n) is 4.61. The molecule has 5 nitrogen and oxygen atoms in total. The number of rotatable bonds is 5. The molecule has 1 aliphatic heterocycles. The number of ether oxygens (including phenoxy) is 1. The van der Waals surface area contributed by atoms with Gasteiger partial charge in [0, 0.05) is 11.8 Å². The number of hydrogen-bond acceptors (Lipinski definition) is 4. The van der Waals surface area contributed by atoms with Crippen LogP contribution in [0.25, 0.3) is 0 Å². The highest BCUT2D eigenvalue weighted by molar-refractivity contribution is 6.31. The Morgan fingerprint density at radius 2 is 2.04 bits per heavy atom. The summed E-state index contributed by atoms with van der Waals surface area (Å²) in [6.45, 7) is -2.78. The Balaban J connectivity index is 1.89. The van der Waals surface area contributed by atoms with E-state index in [1.807, 2.05) is 0 Å². The molecule has 1 aliphatic rings. The molecule has 0 fully saturated rings. The number of hydrogen-bond donors (Lipinski definition) is 1. The van der Waals surface area contributed by atoms with Gasteiger partial charge in [0.05, 0.1) is 10.7 Å². The highest BCUT2D eigenvalue weighted by atomic mass is 35.5. The minimum Gasteiger partial charge on any atom is -0.459 e. The van der Waals surface area contributed by atoms with E-state index in [9.17, 15) is 22.0 Å². The van der Waals surface area contributed by atoms with Crippen LogP contribution in [0.15, 0.2) is 29.4 Å². The Hall–Kier alpha value is -2.36. The fraction of sp³-hybridized carbons (Fsp3) is 0.412. The highest BCUT2D eigenvalue weighted by Crippen LogP contribution is 2.44. The van der Waals surface area contributed by atoms with E-state index in [-0.39, 0.29) is 29.1 Å². The molecule has 28 heavy (non-hydrogen) atoms. The molecule has 11 heteroatoms. The van der Waals surface area contributed by atoms with Gasteiger partial charge >= 0.3 is 12.5 Å². The first kappa shape index (κ1) is 20.4. The van der Waals surface area contributed by atoms with Crippen LogP contribution in [0.1, 0.15) is 30.3 Å². The summed E-state index contributed by atoms with van der Waals surface area (Å²) in [4.78, 5) is 3.66. The summed E-state index contributed by atoms with van der Waals surface area (Å²) in [5.41, 5.74) is 3.54. The van der Waals surface area contributed by atoms with Gasteiger partial charge in [0.1, 0.15) is 5.82 Å². The molecule has 0 saturated heterocycles. The van der Waals surface area contributed by atoms with Crippen molar-refractivity contribution in [3.05, 3.63) is 52.1 Å². The Morgan fingerprint density at radius 1 is 1.32 bits per heavy atom. The predicted octanol–water partition coefficient (Wildman–Crippen LogP) is 4.05. The third-order valence-corrected chi connectivity index (χ3v) is 4.93. The Kier molecular flexibility index (Phi) is 5.26. The minimum atomic E-state index is -3.49. The smallest absolute Gasteiger partial charge is 0.333 e. The lowest BCUT2D eigenvalue weighted by Crippen LogP contribution is -2.51. The van der Waals surface area contributed by atoms with Gasteiger partial charge in [-0.25, -0.2) is 14.1 Å². The van der Waals surface area contributed by atoms with Gasteiger partial charge in [-0.05, 0) is 31.4 Å². The van der Waals surface area contributed by atoms with Crippen LogP contribution in [0, 0.1) is 5.82 Å². The molecule has 2 N–H and O–H groups in total. The van der Waals surface area contributed by atoms with E-state index in [1.165, 1.54) is 12.1 Å². The van der Waals surface area contributed by atoms with E-state index in [2.05, 4.69) is 14.8 Å². The van der Waals surface area contributed by atoms with E-state index in [0.29, 0.717) is 10.2 Å². The zero-order valence-electron chi connectivity index (χ0n) is 14.6. The zero-order chi connectivity index (χ0) is 20.7. The number of nitrogens with zero attached hydrogens (tertiary/aromatic N) is 3. The Labute approximate surface area is 161 Å². The van der Waals surface area contributed by atoms with Crippen LogP contribution in [-0.4, -0.2) is 28.3 Å². The number of benzene rings is 1. The van der Waals surface area contributed by atoms with E-state index >= 15 is 0 Å². The number of amidine groups is 1. The number of aliphatic imine (C=N–C) groups is 1. The number of halogens is 6. The van der Waals surface area contributed by atoms with Crippen LogP contribution in [0.3, 0.4) is 0 Å². The van der Waals surface area contributed by atoms with Gasteiger partial charge in [0.15, 0.2) is 12.1 Å². The van der Waals surface area contributed by atoms with Crippen molar-refractivity contribution in [2.75, 3.05) is 6.61 Å². The normalized spacial score (nSPS) is 21.5. The topological polar surface area (TPSA) is 65.4 Å². The molecule has 2 aromatic rings. The van der Waals surface area contributed by atoms with Crippen molar-refractivity contribution < 1.29 is 26.7 Å². The molecular weight excluding hydrogens is 407 g/mol. The first-order valence-corrected chi connectivity index (χ1v) is 8.58. The maximum Gasteiger partial charge on any atom is 0.333 e. The molecule has 1 atom stereocenters. The Morgan fingerprint density at radius 3 is 2.68 bits per heavy atom. The molecule has 0 unspecified atom stereocenters. The molecule has 0 bridgehead atoms. The average Bonchev–Trinajstić information content (AvgIpc) is 2.99. The van der Waals surface area contributed by atoms with Gasteiger partial charge in [-0.15, -0.1) is 0 Å². The molecule has 2 heterocycles. The number of aryl methyl sites for hydroxylation is 2. The van der Waals surface area contributed by atoms with Crippen molar-refractivity contribution in [1.82, 2.24) is 9.78 Å². The number of alkyl halides is 4. The van der Waals surface area contributed by atoms with E-state index < -0.39 is 36.5 Å². The fourth-order valence-corrected chi connectivity index (χ4v) is 3.17. The van der Waals surface area contributed by atoms with Crippen LogP contribution in [0.2, 0.25) is 5.02 Å². The summed E-state index contributed by atoms with van der Waals surface area (Å²) in [5, 5.41) is 3.74. The third kappa shape index (κ3) is 3.65. The fourth-order valence-electron chi connectivity index (χ4n) is 2.94. The number of aromatic nitrogens is 2. The molecule has 0 amide bonds. The van der Waals surface area contributed by atoms with Crippen LogP contribution in [-0.2, 0) is 23.1 Å². The molecule has 1 aromatic heterocycles. The molecule has 1 aromatic carbocycles. The van der Waals surface area contributed by atoms with Gasteiger partial charge in [-0.2, -0.15) is 22.7 Å². The van der Waals surface area contributed by atoms with Crippen molar-refractivity contribution in [3.63, 3.8) is 0 Å². The molecule has 0 saturated carbocycles. The van der Waals surface area contributed by atoms with Crippen LogP contribution in [0.4, 0.5) is 22.0 Å². The molecule has 152 valence electrons. The second kappa shape index (κ2) is 7.23. The summed E-state index contributed by atoms with van der Waals surface area (Å²) in [7, 11) is 0. The number of nitrogens with two attached hydrogens (primary N) is 1. The summed E-state index contributed by atoms with van der Waals surface area (Å²) in [6.07, 6.45) is 1.37. The van der Waals surface area contributed by atoms with Crippen LogP contribution < -0.4 is 5.73 Å². The predicted molar refractivity (Wildman–Crippen MR) is 92.2 cm³/mol. The summed E-state index contributed by atoms with van der Waals surface area (Å²) in [5.74, 6) is -4.36. The molecule has 0 aliphatic carbocycles. The van der Waals surface area contributed by atoms with Crippen molar-refractivity contribution in [2.24, 2.45) is 10.7 Å². The first-order valence-electron chi connectivity index (χ1n) is 8.20. The second-order valence-corrected chi connectivity index (χ2v) is 6.92. The van der Waals surface area contributed by atoms with Crippen molar-refractivity contribution >= 4 is 17.6 Å². The summed E-state index contributed by atoms with van der Waals surface area (Å²) in [6, 6.07) is 3.25. The maximum absolute atomic E-state index is 14.5. The lowest BCUT2D eigenvalue weighted by Gasteiger charge is -2.37. The zero-order valence-corrected chi connectivity index (χ0v) is 15.4. The van der Waals surface area contributed by atoms with E-state index in [1.54, 1.807) is 0 Å². The molecule has 0 radical (unpaired) electrons. The second-order valence-electron chi connectivity index (χ2n) is 6.51. The quantitative estimate of drug-likeness (QED) is 0.739. The van der Waals surface area contributed by atoms with Crippen molar-refractivity contribution in [3.8, 4) is 0 Å². The molecule has 3 rings (SSSR count). The van der Waals surface area contributed by atoms with Crippen LogP contribution >= 0.6 is 11.6 Å². The van der Waals surface area contributed by atoms with Gasteiger partial charge < -0.3 is 10.5 Å². The lowest BCUT2D eigenvalue weighted by molar-refractivity contribution is -0.117. The van der Waals surface area contributed by atoms with E-state index in [0.717, 1.165) is 19.2 Å². The molecule has 0 spiro atoms. The largest absolute Gasteiger partial charge is 0.459 e. The Bertz CT molecular complexity index is 917. The summed E-state index contributed by atoms with van der Waals surface area (Å²) >= 11 is 5.89.